The molecule has 0 aliphatic carbocycles. The van der Waals surface area contributed by atoms with Gasteiger partial charge in [-0.05, 0) is 19.0 Å². The van der Waals surface area contributed by atoms with Gasteiger partial charge in [-0.1, -0.05) is 11.2 Å². The Kier molecular flexibility index (Phi) is 2.65. The first-order valence-electron chi connectivity index (χ1n) is 4.74. The summed E-state index contributed by atoms with van der Waals surface area (Å²) in [7, 11) is 2.08. The number of hydrogen-bond donors (Lipinski definition) is 1. The third-order valence-corrected chi connectivity index (χ3v) is 2.39. The molecule has 4 heteroatoms. The van der Waals surface area contributed by atoms with Gasteiger partial charge in [0, 0.05) is 19.2 Å². The molecular formula is C10H14N2O2. The quantitative estimate of drug-likeness (QED) is 0.759. The number of aliphatic hydroxyl groups excluding tert-OH is 1. The highest BCUT2D eigenvalue weighted by atomic mass is 16.5. The Hall–Kier alpha value is -1.13. The standard InChI is InChI=1S/C10H14N2O2/c1-12-4-2-3-8(6-12)10-5-9(7-13)14-11-10/h3,5,13H,2,4,6-7H2,1H3. The third kappa shape index (κ3) is 1.86. The lowest BCUT2D eigenvalue weighted by Crippen LogP contribution is -2.24. The molecule has 0 saturated heterocycles. The van der Waals surface area contributed by atoms with E-state index < -0.39 is 0 Å². The molecule has 0 radical (unpaired) electrons. The van der Waals surface area contributed by atoms with Gasteiger partial charge in [0.15, 0.2) is 5.76 Å². The lowest BCUT2D eigenvalue weighted by atomic mass is 10.1. The zero-order valence-electron chi connectivity index (χ0n) is 8.23. The first-order chi connectivity index (χ1) is 6.79. The van der Waals surface area contributed by atoms with Gasteiger partial charge >= 0.3 is 0 Å². The normalized spacial score (nSPS) is 18.3. The van der Waals surface area contributed by atoms with E-state index in [9.17, 15) is 0 Å². The Labute approximate surface area is 82.8 Å². The molecule has 0 amide bonds. The number of nitrogens with zero attached hydrogens (tertiary/aromatic N) is 2. The van der Waals surface area contributed by atoms with E-state index in [1.54, 1.807) is 6.07 Å². The second-order valence-corrected chi connectivity index (χ2v) is 3.59. The molecule has 2 rings (SSSR count). The Morgan fingerprint density at radius 3 is 3.14 bits per heavy atom. The molecule has 14 heavy (non-hydrogen) atoms. The lowest BCUT2D eigenvalue weighted by Gasteiger charge is -2.21. The second-order valence-electron chi connectivity index (χ2n) is 3.59. The second kappa shape index (κ2) is 3.94. The molecule has 0 bridgehead atoms. The summed E-state index contributed by atoms with van der Waals surface area (Å²) < 4.78 is 4.94. The van der Waals surface area contributed by atoms with Crippen molar-refractivity contribution in [3.63, 3.8) is 0 Å². The Morgan fingerprint density at radius 2 is 2.50 bits per heavy atom. The van der Waals surface area contributed by atoms with Crippen LogP contribution in [0.1, 0.15) is 17.9 Å². The SMILES string of the molecule is CN1CCC=C(c2cc(CO)on2)C1. The molecule has 2 heterocycles. The monoisotopic (exact) mass is 194 g/mol. The fraction of sp³-hybridized carbons (Fsp3) is 0.500. The van der Waals surface area contributed by atoms with Gasteiger partial charge in [-0.3, -0.25) is 0 Å². The maximum absolute atomic E-state index is 8.84. The zero-order valence-corrected chi connectivity index (χ0v) is 8.23. The van der Waals surface area contributed by atoms with E-state index in [1.165, 1.54) is 5.57 Å². The van der Waals surface area contributed by atoms with Crippen LogP contribution in [0.4, 0.5) is 0 Å². The van der Waals surface area contributed by atoms with Crippen molar-refractivity contribution in [2.24, 2.45) is 0 Å². The Morgan fingerprint density at radius 1 is 1.64 bits per heavy atom. The van der Waals surface area contributed by atoms with E-state index in [0.717, 1.165) is 25.2 Å². The van der Waals surface area contributed by atoms with Crippen molar-refractivity contribution in [1.29, 1.82) is 0 Å². The van der Waals surface area contributed by atoms with E-state index in [1.807, 2.05) is 0 Å². The highest BCUT2D eigenvalue weighted by Gasteiger charge is 2.13. The van der Waals surface area contributed by atoms with Crippen LogP contribution in [0.3, 0.4) is 0 Å². The molecule has 1 aliphatic heterocycles. The first-order valence-corrected chi connectivity index (χ1v) is 4.74. The van der Waals surface area contributed by atoms with Gasteiger partial charge in [-0.25, -0.2) is 0 Å². The van der Waals surface area contributed by atoms with Gasteiger partial charge in [0.1, 0.15) is 12.3 Å². The Bertz CT molecular complexity index is 344. The van der Waals surface area contributed by atoms with E-state index in [2.05, 4.69) is 23.2 Å². The van der Waals surface area contributed by atoms with E-state index >= 15 is 0 Å². The molecule has 1 aromatic heterocycles. The predicted molar refractivity (Wildman–Crippen MR) is 52.5 cm³/mol. The molecule has 0 spiro atoms. The zero-order chi connectivity index (χ0) is 9.97. The van der Waals surface area contributed by atoms with Gasteiger partial charge in [0.25, 0.3) is 0 Å². The number of aromatic nitrogens is 1. The molecule has 0 saturated carbocycles. The molecule has 4 nitrogen and oxygen atoms in total. The molecule has 76 valence electrons. The minimum absolute atomic E-state index is 0.0872. The van der Waals surface area contributed by atoms with E-state index in [4.69, 9.17) is 9.63 Å². The summed E-state index contributed by atoms with van der Waals surface area (Å²) in [6.45, 7) is 1.90. The van der Waals surface area contributed by atoms with Crippen LogP contribution in [0.25, 0.3) is 5.57 Å². The van der Waals surface area contributed by atoms with E-state index in [0.29, 0.717) is 5.76 Å². The lowest BCUT2D eigenvalue weighted by molar-refractivity contribution is 0.229. The molecule has 0 unspecified atom stereocenters. The molecule has 0 fully saturated rings. The van der Waals surface area contributed by atoms with Gasteiger partial charge in [-0.2, -0.15) is 0 Å². The van der Waals surface area contributed by atoms with Gasteiger partial charge < -0.3 is 14.5 Å². The number of likely N-dealkylation sites (N-methyl/N-ethyl adjacent to an activating group) is 1. The fourth-order valence-corrected chi connectivity index (χ4v) is 1.62. The van der Waals surface area contributed by atoms with Crippen molar-refractivity contribution >= 4 is 5.57 Å². The summed E-state index contributed by atoms with van der Waals surface area (Å²) in [6, 6.07) is 1.80. The molecule has 1 N–H and O–H groups in total. The topological polar surface area (TPSA) is 49.5 Å². The largest absolute Gasteiger partial charge is 0.388 e. The van der Waals surface area contributed by atoms with Crippen LogP contribution in [-0.4, -0.2) is 35.3 Å². The van der Waals surface area contributed by atoms with Crippen LogP contribution in [0.15, 0.2) is 16.7 Å². The summed E-state index contributed by atoms with van der Waals surface area (Å²) in [5.74, 6) is 0.522. The highest BCUT2D eigenvalue weighted by Crippen LogP contribution is 2.19. The summed E-state index contributed by atoms with van der Waals surface area (Å²) in [5, 5.41) is 12.8. The van der Waals surface area contributed by atoms with Crippen molar-refractivity contribution in [3.8, 4) is 0 Å². The van der Waals surface area contributed by atoms with Crippen molar-refractivity contribution in [2.45, 2.75) is 13.0 Å². The van der Waals surface area contributed by atoms with E-state index in [-0.39, 0.29) is 6.61 Å². The molecule has 0 atom stereocenters. The minimum atomic E-state index is -0.0872. The average Bonchev–Trinajstić information content (AvgIpc) is 2.66. The van der Waals surface area contributed by atoms with Gasteiger partial charge in [-0.15, -0.1) is 0 Å². The van der Waals surface area contributed by atoms with Gasteiger partial charge in [0.2, 0.25) is 0 Å². The highest BCUT2D eigenvalue weighted by molar-refractivity contribution is 5.64. The van der Waals surface area contributed by atoms with Crippen molar-refractivity contribution in [1.82, 2.24) is 10.1 Å². The third-order valence-electron chi connectivity index (χ3n) is 2.39. The fourth-order valence-electron chi connectivity index (χ4n) is 1.62. The van der Waals surface area contributed by atoms with Crippen LogP contribution in [0.2, 0.25) is 0 Å². The summed E-state index contributed by atoms with van der Waals surface area (Å²) >= 11 is 0. The summed E-state index contributed by atoms with van der Waals surface area (Å²) in [5.41, 5.74) is 2.03. The summed E-state index contributed by atoms with van der Waals surface area (Å²) in [4.78, 5) is 2.24. The number of aliphatic hydroxyl groups is 1. The molecule has 1 aromatic rings. The Balaban J connectivity index is 2.18. The summed E-state index contributed by atoms with van der Waals surface area (Å²) in [6.07, 6.45) is 3.23. The number of hydrogen-bond acceptors (Lipinski definition) is 4. The van der Waals surface area contributed by atoms with Crippen LogP contribution >= 0.6 is 0 Å². The minimum Gasteiger partial charge on any atom is -0.388 e. The smallest absolute Gasteiger partial charge is 0.162 e. The van der Waals surface area contributed by atoms with Crippen LogP contribution in [0.5, 0.6) is 0 Å². The van der Waals surface area contributed by atoms with Crippen molar-refractivity contribution < 1.29 is 9.63 Å². The van der Waals surface area contributed by atoms with Crippen molar-refractivity contribution in [2.75, 3.05) is 20.1 Å². The maximum atomic E-state index is 8.84. The molecular weight excluding hydrogens is 180 g/mol. The van der Waals surface area contributed by atoms with Crippen LogP contribution in [-0.2, 0) is 6.61 Å². The van der Waals surface area contributed by atoms with Crippen molar-refractivity contribution in [3.05, 3.63) is 23.6 Å². The molecule has 1 aliphatic rings. The van der Waals surface area contributed by atoms with Gasteiger partial charge in [0.05, 0.1) is 0 Å². The van der Waals surface area contributed by atoms with Crippen LogP contribution in [0, 0.1) is 0 Å². The maximum Gasteiger partial charge on any atom is 0.162 e. The predicted octanol–water partition coefficient (Wildman–Crippen LogP) is 0.886. The average molecular weight is 194 g/mol. The first kappa shape index (κ1) is 9.43. The van der Waals surface area contributed by atoms with Crippen LogP contribution < -0.4 is 0 Å². The number of rotatable bonds is 2. The molecule has 0 aromatic carbocycles.